The van der Waals surface area contributed by atoms with Crippen LogP contribution in [0.5, 0.6) is 0 Å². The molecule has 1 aliphatic carbocycles. The zero-order chi connectivity index (χ0) is 42.1. The molecule has 2 heterocycles. The second-order valence-corrected chi connectivity index (χ2v) is 17.3. The van der Waals surface area contributed by atoms with Gasteiger partial charge in [-0.15, -0.1) is 0 Å². The Morgan fingerprint density at radius 2 is 0.698 bits per heavy atom. The fourth-order valence-corrected chi connectivity index (χ4v) is 10.4. The van der Waals surface area contributed by atoms with Gasteiger partial charge in [-0.25, -0.2) is 0 Å². The largest absolute Gasteiger partial charge is 0.309 e. The molecule has 12 rings (SSSR count). The van der Waals surface area contributed by atoms with Crippen LogP contribution in [0.1, 0.15) is 25.0 Å². The fraction of sp³-hybridized carbons (Fsp3) is 0.0492. The van der Waals surface area contributed by atoms with Crippen molar-refractivity contribution in [3.63, 3.8) is 0 Å². The smallest absolute Gasteiger partial charge is 0.0620 e. The molecule has 0 bridgehead atoms. The number of nitrogens with zero attached hydrogens (tertiary/aromatic N) is 2. The first-order valence-corrected chi connectivity index (χ1v) is 21.9. The van der Waals surface area contributed by atoms with Gasteiger partial charge in [-0.05, 0) is 98.1 Å². The average molecular weight is 805 g/mol. The summed E-state index contributed by atoms with van der Waals surface area (Å²) < 4.78 is 4.99. The third-order valence-corrected chi connectivity index (χ3v) is 13.4. The SMILES string of the molecule is CC1(C)c2ccccc2-c2ccc(-c3c(-c4c(-c5ccccc5)n(-c5ccccc5)c5ccccc45)c4ccccc4n3-c3ccc(-c4ccc(-c5ccccc5)cc4)cc3)cc21. The zero-order valence-electron chi connectivity index (χ0n) is 35.3. The molecule has 0 unspecified atom stereocenters. The molecule has 1 aliphatic rings. The Morgan fingerprint density at radius 1 is 0.302 bits per heavy atom. The van der Waals surface area contributed by atoms with E-state index in [0.717, 1.165) is 11.4 Å². The number of fused-ring (bicyclic) bond motifs is 5. The fourth-order valence-electron chi connectivity index (χ4n) is 10.4. The van der Waals surface area contributed by atoms with Crippen molar-refractivity contribution >= 4 is 21.8 Å². The van der Waals surface area contributed by atoms with Gasteiger partial charge in [0.05, 0.1) is 22.4 Å². The molecule has 63 heavy (non-hydrogen) atoms. The van der Waals surface area contributed by atoms with Crippen LogP contribution in [0, 0.1) is 0 Å². The summed E-state index contributed by atoms with van der Waals surface area (Å²) >= 11 is 0. The van der Waals surface area contributed by atoms with Crippen LogP contribution in [-0.2, 0) is 5.41 Å². The van der Waals surface area contributed by atoms with Gasteiger partial charge in [0.1, 0.15) is 0 Å². The Labute approximate surface area is 368 Å². The molecule has 0 radical (unpaired) electrons. The van der Waals surface area contributed by atoms with Crippen LogP contribution in [0.15, 0.2) is 231 Å². The second-order valence-electron chi connectivity index (χ2n) is 17.3. The molecule has 0 atom stereocenters. The topological polar surface area (TPSA) is 9.86 Å². The summed E-state index contributed by atoms with van der Waals surface area (Å²) in [6.07, 6.45) is 0. The first-order chi connectivity index (χ1) is 31.0. The predicted molar refractivity (Wildman–Crippen MR) is 265 cm³/mol. The summed E-state index contributed by atoms with van der Waals surface area (Å²) in [4.78, 5) is 0. The van der Waals surface area contributed by atoms with E-state index >= 15 is 0 Å². The van der Waals surface area contributed by atoms with Gasteiger partial charge in [0, 0.05) is 38.7 Å². The molecule has 0 saturated heterocycles. The monoisotopic (exact) mass is 804 g/mol. The maximum atomic E-state index is 2.52. The highest BCUT2D eigenvalue weighted by Crippen LogP contribution is 2.53. The maximum Gasteiger partial charge on any atom is 0.0620 e. The number of hydrogen-bond donors (Lipinski definition) is 0. The minimum absolute atomic E-state index is 0.158. The molecular weight excluding hydrogens is 761 g/mol. The second kappa shape index (κ2) is 14.6. The van der Waals surface area contributed by atoms with Crippen LogP contribution >= 0.6 is 0 Å². The van der Waals surface area contributed by atoms with Gasteiger partial charge >= 0.3 is 0 Å². The first kappa shape index (κ1) is 36.9. The van der Waals surface area contributed by atoms with Crippen molar-refractivity contribution in [2.75, 3.05) is 0 Å². The van der Waals surface area contributed by atoms with Gasteiger partial charge in [-0.3, -0.25) is 0 Å². The Balaban J connectivity index is 1.15. The summed E-state index contributed by atoms with van der Waals surface area (Å²) in [6.45, 7) is 4.76. The van der Waals surface area contributed by atoms with Crippen molar-refractivity contribution in [3.8, 4) is 78.4 Å². The molecule has 0 amide bonds. The van der Waals surface area contributed by atoms with E-state index < -0.39 is 0 Å². The van der Waals surface area contributed by atoms with E-state index in [0.29, 0.717) is 0 Å². The van der Waals surface area contributed by atoms with Crippen LogP contribution < -0.4 is 0 Å². The van der Waals surface area contributed by atoms with E-state index in [9.17, 15) is 0 Å². The third-order valence-electron chi connectivity index (χ3n) is 13.4. The summed E-state index contributed by atoms with van der Waals surface area (Å²) in [6, 6.07) is 84.6. The van der Waals surface area contributed by atoms with Crippen LogP contribution in [-0.4, -0.2) is 9.13 Å². The van der Waals surface area contributed by atoms with Gasteiger partial charge in [-0.1, -0.05) is 202 Å². The van der Waals surface area contributed by atoms with Gasteiger partial charge in [0.25, 0.3) is 0 Å². The van der Waals surface area contributed by atoms with E-state index in [1.807, 2.05) is 0 Å². The normalized spacial score (nSPS) is 12.7. The Bertz CT molecular complexity index is 3480. The quantitative estimate of drug-likeness (QED) is 0.152. The molecule has 0 saturated carbocycles. The summed E-state index contributed by atoms with van der Waals surface area (Å²) in [7, 11) is 0. The first-order valence-electron chi connectivity index (χ1n) is 21.9. The highest BCUT2D eigenvalue weighted by molar-refractivity contribution is 6.16. The molecule has 11 aromatic rings. The standard InChI is InChI=1S/C61H44N2/c1-61(2)53-27-15-12-24-49(53)50-39-36-46(40-54(50)61)60-58(57-51-25-13-16-28-55(51)62(47-22-10-5-11-23-47)59(57)45-20-8-4-9-21-45)52-26-14-17-29-56(52)63(60)48-37-34-44(35-38-48)43-32-30-42(31-33-43)41-18-6-3-7-19-41/h3-40H,1-2H3. The molecule has 0 aliphatic heterocycles. The van der Waals surface area contributed by atoms with E-state index in [4.69, 9.17) is 0 Å². The molecule has 2 heteroatoms. The van der Waals surface area contributed by atoms with Crippen molar-refractivity contribution in [2.24, 2.45) is 0 Å². The Kier molecular flexibility index (Phi) is 8.55. The number of hydrogen-bond acceptors (Lipinski definition) is 0. The molecule has 0 spiro atoms. The minimum atomic E-state index is -0.158. The minimum Gasteiger partial charge on any atom is -0.309 e. The highest BCUT2D eigenvalue weighted by Gasteiger charge is 2.36. The molecule has 2 nitrogen and oxygen atoms in total. The van der Waals surface area contributed by atoms with Crippen LogP contribution in [0.4, 0.5) is 0 Å². The lowest BCUT2D eigenvalue weighted by atomic mass is 9.81. The highest BCUT2D eigenvalue weighted by atomic mass is 15.0. The molecular formula is C61H44N2. The van der Waals surface area contributed by atoms with Gasteiger partial charge in [-0.2, -0.15) is 0 Å². The lowest BCUT2D eigenvalue weighted by molar-refractivity contribution is 0.660. The van der Waals surface area contributed by atoms with Crippen LogP contribution in [0.25, 0.3) is 100 Å². The molecule has 2 aromatic heterocycles. The summed E-state index contributed by atoms with van der Waals surface area (Å²) in [5.74, 6) is 0. The predicted octanol–water partition coefficient (Wildman–Crippen LogP) is 16.2. The van der Waals surface area contributed by atoms with Gasteiger partial charge in [0.2, 0.25) is 0 Å². The molecule has 9 aromatic carbocycles. The average Bonchev–Trinajstić information content (AvgIpc) is 3.95. The van der Waals surface area contributed by atoms with Crippen molar-refractivity contribution in [1.82, 2.24) is 9.13 Å². The number of para-hydroxylation sites is 3. The van der Waals surface area contributed by atoms with Gasteiger partial charge < -0.3 is 9.13 Å². The van der Waals surface area contributed by atoms with Crippen LogP contribution in [0.2, 0.25) is 0 Å². The van der Waals surface area contributed by atoms with E-state index in [1.165, 1.54) is 100.0 Å². The Morgan fingerprint density at radius 3 is 1.29 bits per heavy atom. The van der Waals surface area contributed by atoms with E-state index in [1.54, 1.807) is 0 Å². The summed E-state index contributed by atoms with van der Waals surface area (Å²) in [5, 5.41) is 2.43. The Hall–Kier alpha value is -7.94. The van der Waals surface area contributed by atoms with E-state index in [2.05, 4.69) is 254 Å². The van der Waals surface area contributed by atoms with Crippen molar-refractivity contribution < 1.29 is 0 Å². The number of aromatic nitrogens is 2. The molecule has 0 N–H and O–H groups in total. The van der Waals surface area contributed by atoms with Crippen LogP contribution in [0.3, 0.4) is 0 Å². The third kappa shape index (κ3) is 5.86. The van der Waals surface area contributed by atoms with Crippen molar-refractivity contribution in [2.45, 2.75) is 19.3 Å². The molecule has 298 valence electrons. The van der Waals surface area contributed by atoms with Gasteiger partial charge in [0.15, 0.2) is 0 Å². The van der Waals surface area contributed by atoms with Crippen molar-refractivity contribution in [3.05, 3.63) is 242 Å². The lowest BCUT2D eigenvalue weighted by Crippen LogP contribution is -2.15. The maximum absolute atomic E-state index is 2.52. The van der Waals surface area contributed by atoms with Crippen molar-refractivity contribution in [1.29, 1.82) is 0 Å². The van der Waals surface area contributed by atoms with E-state index in [-0.39, 0.29) is 5.41 Å². The zero-order valence-corrected chi connectivity index (χ0v) is 35.3. The number of benzene rings is 9. The molecule has 0 fully saturated rings. The number of rotatable bonds is 7. The summed E-state index contributed by atoms with van der Waals surface area (Å²) in [5.41, 5.74) is 21.8. The lowest BCUT2D eigenvalue weighted by Gasteiger charge is -2.22.